The molecular formula is C16H24N2O3. The lowest BCUT2D eigenvalue weighted by Crippen LogP contribution is -2.35. The lowest BCUT2D eigenvalue weighted by Gasteiger charge is -2.28. The Morgan fingerprint density at radius 3 is 2.52 bits per heavy atom. The van der Waals surface area contributed by atoms with Gasteiger partial charge in [-0.05, 0) is 45.2 Å². The Bertz CT molecular complexity index is 529. The van der Waals surface area contributed by atoms with Crippen LogP contribution >= 0.6 is 0 Å². The number of nitrogens with one attached hydrogen (secondary N) is 1. The first-order chi connectivity index (χ1) is 9.71. The molecule has 1 aromatic rings. The minimum absolute atomic E-state index is 0.00934. The Morgan fingerprint density at radius 2 is 1.95 bits per heavy atom. The number of hydrogen-bond donors (Lipinski definition) is 3. The van der Waals surface area contributed by atoms with Crippen LogP contribution in [0.4, 0.5) is 10.5 Å². The molecular weight excluding hydrogens is 268 g/mol. The van der Waals surface area contributed by atoms with E-state index in [0.29, 0.717) is 5.69 Å². The van der Waals surface area contributed by atoms with Gasteiger partial charge in [-0.3, -0.25) is 5.32 Å². The topological polar surface area (TPSA) is 84.6 Å². The Labute approximate surface area is 125 Å². The number of amides is 1. The molecule has 0 atom stereocenters. The molecule has 5 heteroatoms. The molecule has 0 spiro atoms. The number of nitrogens with two attached hydrogens (primary N) is 1. The van der Waals surface area contributed by atoms with Crippen LogP contribution in [0.3, 0.4) is 0 Å². The number of para-hydroxylation sites is 1. The molecule has 1 aliphatic carbocycles. The fourth-order valence-corrected chi connectivity index (χ4v) is 2.77. The molecule has 0 saturated heterocycles. The molecule has 0 aromatic heterocycles. The van der Waals surface area contributed by atoms with E-state index in [2.05, 4.69) is 5.32 Å². The molecule has 5 nitrogen and oxygen atoms in total. The van der Waals surface area contributed by atoms with Crippen molar-refractivity contribution in [3.63, 3.8) is 0 Å². The molecule has 116 valence electrons. The van der Waals surface area contributed by atoms with Crippen LogP contribution in [-0.4, -0.2) is 16.8 Å². The molecule has 0 unspecified atom stereocenters. The standard InChI is InChI=1S/C16H24N2O3/c1-15(2,3)21-14(20)18-13-11(7-6-8-12(13)19)16(17)9-4-5-10-16/h6-8,19H,4-5,9-10,17H2,1-3H3,(H,18,20). The SMILES string of the molecule is CC(C)(C)OC(=O)Nc1c(O)cccc1C1(N)CCCC1. The van der Waals surface area contributed by atoms with Gasteiger partial charge in [0.15, 0.2) is 0 Å². The van der Waals surface area contributed by atoms with Crippen LogP contribution in [0, 0.1) is 0 Å². The average molecular weight is 292 g/mol. The van der Waals surface area contributed by atoms with Crippen molar-refractivity contribution in [2.45, 2.75) is 57.6 Å². The maximum Gasteiger partial charge on any atom is 0.412 e. The summed E-state index contributed by atoms with van der Waals surface area (Å²) in [6.07, 6.45) is 3.21. The van der Waals surface area contributed by atoms with Crippen molar-refractivity contribution in [1.29, 1.82) is 0 Å². The van der Waals surface area contributed by atoms with Crippen molar-refractivity contribution in [1.82, 2.24) is 0 Å². The van der Waals surface area contributed by atoms with Crippen molar-refractivity contribution in [3.05, 3.63) is 23.8 Å². The van der Waals surface area contributed by atoms with E-state index in [1.807, 2.05) is 6.07 Å². The predicted molar refractivity (Wildman–Crippen MR) is 82.3 cm³/mol. The van der Waals surface area contributed by atoms with Gasteiger partial charge in [-0.1, -0.05) is 25.0 Å². The molecule has 1 aliphatic rings. The second-order valence-electron chi connectivity index (χ2n) is 6.69. The average Bonchev–Trinajstić information content (AvgIpc) is 2.77. The third-order valence-electron chi connectivity index (χ3n) is 3.70. The van der Waals surface area contributed by atoms with E-state index in [1.54, 1.807) is 26.8 Å². The van der Waals surface area contributed by atoms with Gasteiger partial charge in [0.25, 0.3) is 0 Å². The number of carbonyl (C=O) groups is 1. The van der Waals surface area contributed by atoms with Gasteiger partial charge in [-0.2, -0.15) is 0 Å². The number of aromatic hydroxyl groups is 1. The summed E-state index contributed by atoms with van der Waals surface area (Å²) < 4.78 is 5.25. The van der Waals surface area contributed by atoms with Crippen molar-refractivity contribution in [3.8, 4) is 5.75 Å². The first-order valence-corrected chi connectivity index (χ1v) is 7.33. The largest absolute Gasteiger partial charge is 0.506 e. The summed E-state index contributed by atoms with van der Waals surface area (Å²) in [6, 6.07) is 5.14. The van der Waals surface area contributed by atoms with E-state index in [0.717, 1.165) is 31.2 Å². The van der Waals surface area contributed by atoms with Crippen LogP contribution in [-0.2, 0) is 10.3 Å². The Kier molecular flexibility index (Phi) is 4.14. The zero-order valence-electron chi connectivity index (χ0n) is 12.9. The molecule has 1 saturated carbocycles. The minimum Gasteiger partial charge on any atom is -0.506 e. The summed E-state index contributed by atoms with van der Waals surface area (Å²) in [7, 11) is 0. The summed E-state index contributed by atoms with van der Waals surface area (Å²) in [5, 5.41) is 12.7. The maximum atomic E-state index is 12.0. The zero-order valence-corrected chi connectivity index (χ0v) is 12.9. The van der Waals surface area contributed by atoms with Gasteiger partial charge in [0.2, 0.25) is 0 Å². The molecule has 0 bridgehead atoms. The van der Waals surface area contributed by atoms with Crippen molar-refractivity contribution in [2.24, 2.45) is 5.73 Å². The van der Waals surface area contributed by atoms with Crippen LogP contribution in [0.5, 0.6) is 5.75 Å². The zero-order chi connectivity index (χ0) is 15.7. The second kappa shape index (κ2) is 5.56. The summed E-state index contributed by atoms with van der Waals surface area (Å²) in [6.45, 7) is 5.37. The monoisotopic (exact) mass is 292 g/mol. The summed E-state index contributed by atoms with van der Waals surface area (Å²) >= 11 is 0. The minimum atomic E-state index is -0.595. The second-order valence-corrected chi connectivity index (χ2v) is 6.69. The number of rotatable bonds is 2. The van der Waals surface area contributed by atoms with Gasteiger partial charge in [-0.25, -0.2) is 4.79 Å². The molecule has 1 amide bonds. The smallest absolute Gasteiger partial charge is 0.412 e. The number of anilines is 1. The van der Waals surface area contributed by atoms with Gasteiger partial charge in [0.1, 0.15) is 11.4 Å². The molecule has 1 fully saturated rings. The van der Waals surface area contributed by atoms with Gasteiger partial charge in [0.05, 0.1) is 5.69 Å². The number of phenols is 1. The van der Waals surface area contributed by atoms with E-state index < -0.39 is 17.2 Å². The highest BCUT2D eigenvalue weighted by Crippen LogP contribution is 2.42. The lowest BCUT2D eigenvalue weighted by atomic mass is 9.88. The van der Waals surface area contributed by atoms with Gasteiger partial charge in [-0.15, -0.1) is 0 Å². The fourth-order valence-electron chi connectivity index (χ4n) is 2.77. The normalized spacial score (nSPS) is 17.5. The van der Waals surface area contributed by atoms with Gasteiger partial charge >= 0.3 is 6.09 Å². The van der Waals surface area contributed by atoms with Crippen molar-refractivity contribution < 1.29 is 14.6 Å². The molecule has 4 N–H and O–H groups in total. The summed E-state index contributed by atoms with van der Waals surface area (Å²) in [5.74, 6) is 0.00934. The highest BCUT2D eigenvalue weighted by Gasteiger charge is 2.34. The predicted octanol–water partition coefficient (Wildman–Crippen LogP) is 3.47. The number of hydrogen-bond acceptors (Lipinski definition) is 4. The Morgan fingerprint density at radius 1 is 1.33 bits per heavy atom. The van der Waals surface area contributed by atoms with E-state index >= 15 is 0 Å². The highest BCUT2D eigenvalue weighted by atomic mass is 16.6. The van der Waals surface area contributed by atoms with E-state index in [9.17, 15) is 9.90 Å². The third kappa shape index (κ3) is 3.67. The van der Waals surface area contributed by atoms with Crippen LogP contribution in [0.15, 0.2) is 18.2 Å². The molecule has 0 radical (unpaired) electrons. The van der Waals surface area contributed by atoms with Crippen molar-refractivity contribution in [2.75, 3.05) is 5.32 Å². The summed E-state index contributed by atoms with van der Waals surface area (Å²) in [5.41, 5.74) is 6.48. The fraction of sp³-hybridized carbons (Fsp3) is 0.562. The van der Waals surface area contributed by atoms with E-state index in [-0.39, 0.29) is 5.75 Å². The van der Waals surface area contributed by atoms with Gasteiger partial charge in [0, 0.05) is 5.54 Å². The van der Waals surface area contributed by atoms with Crippen molar-refractivity contribution >= 4 is 11.8 Å². The van der Waals surface area contributed by atoms with Gasteiger partial charge < -0.3 is 15.6 Å². The van der Waals surface area contributed by atoms with Crippen LogP contribution in [0.2, 0.25) is 0 Å². The number of phenolic OH excluding ortho intramolecular Hbond substituents is 1. The number of ether oxygens (including phenoxy) is 1. The number of benzene rings is 1. The molecule has 0 heterocycles. The first kappa shape index (κ1) is 15.6. The van der Waals surface area contributed by atoms with Crippen LogP contribution in [0.25, 0.3) is 0 Å². The highest BCUT2D eigenvalue weighted by molar-refractivity contribution is 5.88. The van der Waals surface area contributed by atoms with E-state index in [4.69, 9.17) is 10.5 Å². The number of carbonyl (C=O) groups excluding carboxylic acids is 1. The molecule has 21 heavy (non-hydrogen) atoms. The molecule has 2 rings (SSSR count). The maximum absolute atomic E-state index is 12.0. The van der Waals surface area contributed by atoms with Crippen LogP contribution in [0.1, 0.15) is 52.0 Å². The lowest BCUT2D eigenvalue weighted by molar-refractivity contribution is 0.0635. The van der Waals surface area contributed by atoms with E-state index in [1.165, 1.54) is 6.07 Å². The quantitative estimate of drug-likeness (QED) is 0.729. The summed E-state index contributed by atoms with van der Waals surface area (Å²) in [4.78, 5) is 12.0. The first-order valence-electron chi connectivity index (χ1n) is 7.33. The Hall–Kier alpha value is -1.75. The molecule has 1 aromatic carbocycles. The third-order valence-corrected chi connectivity index (χ3v) is 3.70. The van der Waals surface area contributed by atoms with Crippen LogP contribution < -0.4 is 11.1 Å². The Balaban J connectivity index is 2.28. The molecule has 0 aliphatic heterocycles.